The number of nitrogens with one attached hydrogen (secondary N) is 2. The molecule has 1 aliphatic heterocycles. The van der Waals surface area contributed by atoms with Gasteiger partial charge in [-0.15, -0.1) is 0 Å². The van der Waals surface area contributed by atoms with Gasteiger partial charge in [0.05, 0.1) is 11.6 Å². The second-order valence-corrected chi connectivity index (χ2v) is 6.60. The van der Waals surface area contributed by atoms with Crippen molar-refractivity contribution in [1.82, 2.24) is 10.3 Å². The highest BCUT2D eigenvalue weighted by atomic mass is 35.5. The average molecular weight is 368 g/mol. The lowest BCUT2D eigenvalue weighted by atomic mass is 10.1. The minimum absolute atomic E-state index is 0.0409. The Bertz CT molecular complexity index is 816. The molecule has 3 atom stereocenters. The maximum atomic E-state index is 13.9. The van der Waals surface area contributed by atoms with Crippen LogP contribution in [0.2, 0.25) is 10.0 Å². The molecule has 0 radical (unpaired) electrons. The molecule has 5 nitrogen and oxygen atoms in total. The Balaban J connectivity index is 1.47. The van der Waals surface area contributed by atoms with Gasteiger partial charge in [0.1, 0.15) is 5.82 Å². The molecule has 2 aliphatic rings. The van der Waals surface area contributed by atoms with Crippen LogP contribution in [0, 0.1) is 11.7 Å². The number of rotatable bonds is 2. The van der Waals surface area contributed by atoms with Crippen LogP contribution in [-0.2, 0) is 0 Å². The number of benzene rings is 1. The molecule has 4 rings (SSSR count). The molecule has 2 heterocycles. The van der Waals surface area contributed by atoms with Gasteiger partial charge in [-0.05, 0) is 24.3 Å². The van der Waals surface area contributed by atoms with Crippen molar-refractivity contribution in [3.63, 3.8) is 0 Å². The van der Waals surface area contributed by atoms with E-state index in [0.29, 0.717) is 28.0 Å². The lowest BCUT2D eigenvalue weighted by molar-refractivity contribution is 0.248. The summed E-state index contributed by atoms with van der Waals surface area (Å²) in [5.41, 5.74) is 0.628. The zero-order valence-corrected chi connectivity index (χ0v) is 13.7. The third-order valence-corrected chi connectivity index (χ3v) is 4.84. The summed E-state index contributed by atoms with van der Waals surface area (Å²) in [6.45, 7) is 0.346. The summed E-state index contributed by atoms with van der Waals surface area (Å²) in [6.07, 6.45) is 1.45. The average Bonchev–Trinajstić information content (AvgIpc) is 3.26. The van der Waals surface area contributed by atoms with Crippen molar-refractivity contribution in [1.29, 1.82) is 0 Å². The molecular weight excluding hydrogens is 356 g/mol. The maximum Gasteiger partial charge on any atom is 0.320 e. The molecule has 0 spiro atoms. The van der Waals surface area contributed by atoms with E-state index in [2.05, 4.69) is 15.6 Å². The van der Waals surface area contributed by atoms with Crippen molar-refractivity contribution in [3.05, 3.63) is 51.9 Å². The van der Waals surface area contributed by atoms with Gasteiger partial charge in [0.25, 0.3) is 0 Å². The molecule has 8 heteroatoms. The summed E-state index contributed by atoms with van der Waals surface area (Å²) in [5, 5.41) is 6.43. The first-order chi connectivity index (χ1) is 11.5. The number of aromatic nitrogens is 1. The molecule has 0 bridgehead atoms. The number of hydrogen-bond acceptors (Lipinski definition) is 3. The van der Waals surface area contributed by atoms with Crippen LogP contribution in [0.5, 0.6) is 5.75 Å². The molecule has 2 N–H and O–H groups in total. The second-order valence-electron chi connectivity index (χ2n) is 5.76. The van der Waals surface area contributed by atoms with E-state index in [9.17, 15) is 9.18 Å². The van der Waals surface area contributed by atoms with Gasteiger partial charge in [0.2, 0.25) is 0 Å². The van der Waals surface area contributed by atoms with Gasteiger partial charge >= 0.3 is 6.03 Å². The number of amides is 2. The van der Waals surface area contributed by atoms with Gasteiger partial charge in [-0.1, -0.05) is 23.2 Å². The first-order valence-electron chi connectivity index (χ1n) is 7.34. The van der Waals surface area contributed by atoms with Crippen molar-refractivity contribution in [2.45, 2.75) is 12.0 Å². The summed E-state index contributed by atoms with van der Waals surface area (Å²) in [7, 11) is 0. The summed E-state index contributed by atoms with van der Waals surface area (Å²) in [4.78, 5) is 16.1. The fourth-order valence-corrected chi connectivity index (χ4v) is 3.50. The van der Waals surface area contributed by atoms with E-state index in [0.717, 1.165) is 0 Å². The molecule has 2 amide bonds. The summed E-state index contributed by atoms with van der Waals surface area (Å²) in [6, 6.07) is 5.48. The lowest BCUT2D eigenvalue weighted by Crippen LogP contribution is -2.32. The molecule has 1 aliphatic carbocycles. The Kier molecular flexibility index (Phi) is 3.73. The number of fused-ring (bicyclic) bond motifs is 3. The molecule has 1 aromatic heterocycles. The SMILES string of the molecule is O=C(Nc1ccc(Cl)cn1)N[C@@H]1[C@@H]2COc3c(F)ccc(Cl)c3[C@@H]21. The topological polar surface area (TPSA) is 63.2 Å². The fourth-order valence-electron chi connectivity index (χ4n) is 3.11. The normalized spacial score (nSPS) is 23.5. The number of ether oxygens (including phenoxy) is 1. The molecule has 124 valence electrons. The Hall–Kier alpha value is -2.05. The summed E-state index contributed by atoms with van der Waals surface area (Å²) in [5.74, 6) is 0.184. The molecule has 1 saturated carbocycles. The van der Waals surface area contributed by atoms with E-state index < -0.39 is 11.8 Å². The van der Waals surface area contributed by atoms with Gasteiger partial charge in [-0.3, -0.25) is 5.32 Å². The van der Waals surface area contributed by atoms with Crippen LogP contribution in [-0.4, -0.2) is 23.7 Å². The van der Waals surface area contributed by atoms with Crippen molar-refractivity contribution >= 4 is 35.1 Å². The van der Waals surface area contributed by atoms with Crippen LogP contribution in [0.15, 0.2) is 30.5 Å². The lowest BCUT2D eigenvalue weighted by Gasteiger charge is -2.17. The van der Waals surface area contributed by atoms with E-state index in [1.807, 2.05) is 0 Å². The predicted octanol–water partition coefficient (Wildman–Crippen LogP) is 3.82. The maximum absolute atomic E-state index is 13.9. The Labute approximate surface area is 147 Å². The monoisotopic (exact) mass is 367 g/mol. The van der Waals surface area contributed by atoms with Crippen LogP contribution in [0.1, 0.15) is 11.5 Å². The number of halogens is 3. The van der Waals surface area contributed by atoms with Crippen LogP contribution in [0.3, 0.4) is 0 Å². The highest BCUT2D eigenvalue weighted by molar-refractivity contribution is 6.31. The first-order valence-corrected chi connectivity index (χ1v) is 8.10. The van der Waals surface area contributed by atoms with Gasteiger partial charge in [0, 0.05) is 34.7 Å². The highest BCUT2D eigenvalue weighted by Crippen LogP contribution is 2.56. The van der Waals surface area contributed by atoms with Gasteiger partial charge < -0.3 is 10.1 Å². The quantitative estimate of drug-likeness (QED) is 0.847. The van der Waals surface area contributed by atoms with Gasteiger partial charge in [0.15, 0.2) is 11.6 Å². The predicted molar refractivity (Wildman–Crippen MR) is 88.3 cm³/mol. The third-order valence-electron chi connectivity index (χ3n) is 4.28. The van der Waals surface area contributed by atoms with Crippen molar-refractivity contribution in [2.24, 2.45) is 5.92 Å². The molecule has 0 unspecified atom stereocenters. The van der Waals surface area contributed by atoms with Gasteiger partial charge in [-0.25, -0.2) is 14.2 Å². The molecule has 0 saturated heterocycles. The van der Waals surface area contributed by atoms with E-state index in [-0.39, 0.29) is 23.6 Å². The molecule has 1 aromatic carbocycles. The smallest absolute Gasteiger partial charge is 0.320 e. The largest absolute Gasteiger partial charge is 0.490 e. The van der Waals surface area contributed by atoms with E-state index in [1.54, 1.807) is 12.1 Å². The number of pyridine rings is 1. The molecule has 2 aromatic rings. The Morgan fingerprint density at radius 2 is 2.12 bits per heavy atom. The minimum Gasteiger partial charge on any atom is -0.490 e. The fraction of sp³-hybridized carbons (Fsp3) is 0.250. The Morgan fingerprint density at radius 3 is 2.88 bits per heavy atom. The molecular formula is C16H12Cl2FN3O2. The zero-order chi connectivity index (χ0) is 16.8. The summed E-state index contributed by atoms with van der Waals surface area (Å²) < 4.78 is 19.3. The second kappa shape index (κ2) is 5.79. The number of carbonyl (C=O) groups excluding carboxylic acids is 1. The van der Waals surface area contributed by atoms with Crippen molar-refractivity contribution < 1.29 is 13.9 Å². The van der Waals surface area contributed by atoms with Crippen LogP contribution in [0.4, 0.5) is 15.0 Å². The van der Waals surface area contributed by atoms with Crippen LogP contribution < -0.4 is 15.4 Å². The summed E-state index contributed by atoms with van der Waals surface area (Å²) >= 11 is 11.9. The number of nitrogens with zero attached hydrogens (tertiary/aromatic N) is 1. The molecule has 1 fully saturated rings. The van der Waals surface area contributed by atoms with E-state index in [4.69, 9.17) is 27.9 Å². The number of hydrogen-bond donors (Lipinski definition) is 2. The van der Waals surface area contributed by atoms with E-state index in [1.165, 1.54) is 18.3 Å². The number of anilines is 1. The number of carbonyl (C=O) groups is 1. The van der Waals surface area contributed by atoms with Crippen molar-refractivity contribution in [3.8, 4) is 5.75 Å². The first kappa shape index (κ1) is 15.5. The standard InChI is InChI=1S/C16H12Cl2FN3O2/c17-7-1-4-11(20-5-7)21-16(23)22-14-8-6-24-15-10(19)3-2-9(18)13(15)12(8)14/h1-5,8,12,14H,6H2,(H2,20,21,22,23)/t8-,12-,14-/m1/s1. The van der Waals surface area contributed by atoms with Gasteiger partial charge in [-0.2, -0.15) is 0 Å². The third kappa shape index (κ3) is 2.65. The van der Waals surface area contributed by atoms with Crippen LogP contribution in [0.25, 0.3) is 0 Å². The minimum atomic E-state index is -0.437. The highest BCUT2D eigenvalue weighted by Gasteiger charge is 2.57. The van der Waals surface area contributed by atoms with Crippen molar-refractivity contribution in [2.75, 3.05) is 11.9 Å². The zero-order valence-electron chi connectivity index (χ0n) is 12.2. The van der Waals surface area contributed by atoms with Crippen LogP contribution >= 0.6 is 23.2 Å². The molecule has 24 heavy (non-hydrogen) atoms. The Morgan fingerprint density at radius 1 is 1.29 bits per heavy atom. The van der Waals surface area contributed by atoms with E-state index >= 15 is 0 Å². The number of urea groups is 1.